The number of aryl methyl sites for hydroxylation is 4. The number of benzene rings is 2. The van der Waals surface area contributed by atoms with Crippen LogP contribution in [0.5, 0.6) is 11.5 Å². The van der Waals surface area contributed by atoms with Gasteiger partial charge in [0.15, 0.2) is 0 Å². The van der Waals surface area contributed by atoms with Gasteiger partial charge in [0, 0.05) is 34.4 Å². The minimum Gasteiger partial charge on any atom is -0.492 e. The number of hydrogen-bond acceptors (Lipinski definition) is 5. The van der Waals surface area contributed by atoms with E-state index < -0.39 is 17.9 Å². The second kappa shape index (κ2) is 11.7. The molecule has 1 aliphatic carbocycles. The van der Waals surface area contributed by atoms with Crippen molar-refractivity contribution in [3.63, 3.8) is 0 Å². The minimum atomic E-state index is -0.860. The molecule has 2 atom stereocenters. The fourth-order valence-electron chi connectivity index (χ4n) is 5.87. The van der Waals surface area contributed by atoms with Crippen LogP contribution >= 0.6 is 0 Å². The first kappa shape index (κ1) is 28.3. The molecule has 6 nitrogen and oxygen atoms in total. The van der Waals surface area contributed by atoms with Gasteiger partial charge in [-0.05, 0) is 99.6 Å². The van der Waals surface area contributed by atoms with E-state index in [0.717, 1.165) is 63.4 Å². The van der Waals surface area contributed by atoms with Crippen molar-refractivity contribution in [2.45, 2.75) is 65.4 Å². The quantitative estimate of drug-likeness (QED) is 0.335. The topological polar surface area (TPSA) is 81.5 Å². The summed E-state index contributed by atoms with van der Waals surface area (Å²) in [5.41, 5.74) is 8.43. The van der Waals surface area contributed by atoms with Gasteiger partial charge in [0.1, 0.15) is 29.3 Å². The lowest BCUT2D eigenvalue weighted by Gasteiger charge is -2.21. The first-order valence-corrected chi connectivity index (χ1v) is 13.9. The second-order valence-corrected chi connectivity index (χ2v) is 11.0. The van der Waals surface area contributed by atoms with Crippen LogP contribution in [0.2, 0.25) is 0 Å². The molecule has 0 fully saturated rings. The molecule has 1 aliphatic heterocycles. The maximum Gasteiger partial charge on any atom is 0.304 e. The van der Waals surface area contributed by atoms with E-state index >= 15 is 4.39 Å². The predicted octanol–water partition coefficient (Wildman–Crippen LogP) is 7.75. The average molecular weight is 555 g/mol. The summed E-state index contributed by atoms with van der Waals surface area (Å²) in [6.07, 6.45) is 4.96. The number of aliphatic carboxylic acids is 1. The van der Waals surface area contributed by atoms with E-state index in [4.69, 9.17) is 14.6 Å². The van der Waals surface area contributed by atoms with Gasteiger partial charge in [-0.15, -0.1) is 0 Å². The van der Waals surface area contributed by atoms with Crippen LogP contribution in [-0.2, 0) is 4.79 Å². The van der Waals surface area contributed by atoms with Crippen LogP contribution in [0.3, 0.4) is 0 Å². The summed E-state index contributed by atoms with van der Waals surface area (Å²) in [4.78, 5) is 20.2. The molecule has 0 saturated carbocycles. The van der Waals surface area contributed by atoms with Crippen molar-refractivity contribution in [3.05, 3.63) is 100 Å². The normalized spacial score (nSPS) is 21.3. The molecule has 0 unspecified atom stereocenters. The zero-order valence-electron chi connectivity index (χ0n) is 24.0. The van der Waals surface area contributed by atoms with Crippen LogP contribution in [0.4, 0.5) is 4.39 Å². The SMILES string of the molecule is C=C1/C(F)=C\C=C(\c2c(C)cc(-c3cc(C)nc(C)n3)cc2C)CCC[C@H]1Oc1ccc2c(c1)OC[C@H]2CC(=O)O. The Labute approximate surface area is 240 Å². The molecule has 0 spiro atoms. The lowest BCUT2D eigenvalue weighted by atomic mass is 9.89. The van der Waals surface area contributed by atoms with E-state index in [1.54, 1.807) is 12.1 Å². The Kier molecular flexibility index (Phi) is 8.06. The maximum atomic E-state index is 15.3. The molecule has 41 heavy (non-hydrogen) atoms. The Morgan fingerprint density at radius 1 is 1.10 bits per heavy atom. The van der Waals surface area contributed by atoms with Crippen molar-refractivity contribution in [3.8, 4) is 22.8 Å². The Morgan fingerprint density at radius 2 is 1.85 bits per heavy atom. The summed E-state index contributed by atoms with van der Waals surface area (Å²) in [7, 11) is 0. The smallest absolute Gasteiger partial charge is 0.304 e. The van der Waals surface area contributed by atoms with E-state index in [2.05, 4.69) is 42.5 Å². The van der Waals surface area contributed by atoms with E-state index in [-0.39, 0.29) is 12.3 Å². The fourth-order valence-corrected chi connectivity index (χ4v) is 5.87. The van der Waals surface area contributed by atoms with Gasteiger partial charge < -0.3 is 14.6 Å². The van der Waals surface area contributed by atoms with E-state index in [1.165, 1.54) is 6.08 Å². The molecule has 0 radical (unpaired) electrons. The second-order valence-electron chi connectivity index (χ2n) is 11.0. The summed E-state index contributed by atoms with van der Waals surface area (Å²) in [6, 6.07) is 11.7. The monoisotopic (exact) mass is 554 g/mol. The number of hydrogen-bond donors (Lipinski definition) is 1. The highest BCUT2D eigenvalue weighted by atomic mass is 19.1. The molecule has 2 heterocycles. The molecule has 3 aromatic rings. The molecule has 0 bridgehead atoms. The fraction of sp³-hybridized carbons (Fsp3) is 0.324. The summed E-state index contributed by atoms with van der Waals surface area (Å²) in [6.45, 7) is 12.4. The largest absolute Gasteiger partial charge is 0.492 e. The molecular formula is C34H35FN2O4. The first-order chi connectivity index (χ1) is 19.6. The summed E-state index contributed by atoms with van der Waals surface area (Å²) >= 11 is 0. The lowest BCUT2D eigenvalue weighted by molar-refractivity contribution is -0.137. The zero-order valence-corrected chi connectivity index (χ0v) is 24.0. The first-order valence-electron chi connectivity index (χ1n) is 13.9. The highest BCUT2D eigenvalue weighted by Crippen LogP contribution is 2.40. The number of carboxylic acid groups (broad SMARTS) is 1. The average Bonchev–Trinajstić information content (AvgIpc) is 3.31. The number of halogens is 1. The van der Waals surface area contributed by atoms with E-state index in [1.807, 2.05) is 32.1 Å². The lowest BCUT2D eigenvalue weighted by Crippen LogP contribution is -2.19. The molecule has 1 N–H and O–H groups in total. The van der Waals surface area contributed by atoms with Crippen LogP contribution in [-0.4, -0.2) is 33.8 Å². The molecule has 212 valence electrons. The van der Waals surface area contributed by atoms with Crippen molar-refractivity contribution < 1.29 is 23.8 Å². The summed E-state index contributed by atoms with van der Waals surface area (Å²) < 4.78 is 27.3. The molecule has 7 heteroatoms. The van der Waals surface area contributed by atoms with Crippen molar-refractivity contribution in [2.24, 2.45) is 0 Å². The van der Waals surface area contributed by atoms with Crippen LogP contribution in [0.25, 0.3) is 16.8 Å². The highest BCUT2D eigenvalue weighted by Gasteiger charge is 2.28. The third-order valence-electron chi connectivity index (χ3n) is 7.72. The van der Waals surface area contributed by atoms with Crippen LogP contribution in [0, 0.1) is 27.7 Å². The van der Waals surface area contributed by atoms with E-state index in [0.29, 0.717) is 30.1 Å². The van der Waals surface area contributed by atoms with Crippen molar-refractivity contribution in [1.29, 1.82) is 0 Å². The molecule has 2 aromatic carbocycles. The number of carbonyl (C=O) groups is 1. The summed E-state index contributed by atoms with van der Waals surface area (Å²) in [5, 5.41) is 9.16. The van der Waals surface area contributed by atoms with Crippen molar-refractivity contribution >= 4 is 11.5 Å². The Balaban J connectivity index is 1.34. The third kappa shape index (κ3) is 6.24. The number of carboxylic acids is 1. The Bertz CT molecular complexity index is 1550. The number of nitrogens with zero attached hydrogens (tertiary/aromatic N) is 2. The molecule has 1 aromatic heterocycles. The number of aromatic nitrogens is 2. The molecule has 0 saturated heterocycles. The van der Waals surface area contributed by atoms with Gasteiger partial charge in [0.05, 0.1) is 18.7 Å². The van der Waals surface area contributed by atoms with Gasteiger partial charge in [-0.25, -0.2) is 14.4 Å². The summed E-state index contributed by atoms with van der Waals surface area (Å²) in [5.74, 6) is 0.447. The molecular weight excluding hydrogens is 519 g/mol. The van der Waals surface area contributed by atoms with Crippen LogP contribution in [0.1, 0.15) is 65.4 Å². The minimum absolute atomic E-state index is 0.0135. The molecule has 5 rings (SSSR count). The Hall–Kier alpha value is -4.26. The standard InChI is InChI=1S/C34H35FN2O4/c1-19-13-25(30-15-21(3)36-23(5)37-30)14-20(2)34(19)24-7-6-8-31(22(4)29(35)12-9-24)41-27-10-11-28-26(16-33(38)39)18-40-32(28)17-27/h9-15,17,26,31H,4,6-8,16,18H2,1-3,5H3,(H,38,39)/b24-9+,29-12+/t26-,31-/m1/s1. The van der Waals surface area contributed by atoms with Gasteiger partial charge in [-0.2, -0.15) is 0 Å². The number of rotatable bonds is 6. The van der Waals surface area contributed by atoms with Gasteiger partial charge in [-0.1, -0.05) is 18.7 Å². The number of fused-ring (bicyclic) bond motifs is 1. The van der Waals surface area contributed by atoms with Crippen LogP contribution in [0.15, 0.2) is 66.5 Å². The maximum absolute atomic E-state index is 15.3. The van der Waals surface area contributed by atoms with Gasteiger partial charge >= 0.3 is 5.97 Å². The van der Waals surface area contributed by atoms with Gasteiger partial charge in [-0.3, -0.25) is 4.79 Å². The highest BCUT2D eigenvalue weighted by molar-refractivity contribution is 5.76. The van der Waals surface area contributed by atoms with Gasteiger partial charge in [0.2, 0.25) is 0 Å². The number of allylic oxidation sites excluding steroid dienone is 3. The third-order valence-corrected chi connectivity index (χ3v) is 7.72. The van der Waals surface area contributed by atoms with E-state index in [9.17, 15) is 4.79 Å². The van der Waals surface area contributed by atoms with Crippen molar-refractivity contribution in [1.82, 2.24) is 9.97 Å². The molecule has 2 aliphatic rings. The molecule has 0 amide bonds. The Morgan fingerprint density at radius 3 is 2.56 bits per heavy atom. The van der Waals surface area contributed by atoms with Gasteiger partial charge in [0.25, 0.3) is 0 Å². The predicted molar refractivity (Wildman–Crippen MR) is 158 cm³/mol. The zero-order chi connectivity index (χ0) is 29.3. The van der Waals surface area contributed by atoms with Crippen molar-refractivity contribution in [2.75, 3.05) is 6.61 Å². The number of ether oxygens (including phenoxy) is 2. The van der Waals surface area contributed by atoms with Crippen LogP contribution < -0.4 is 9.47 Å².